The maximum Gasteiger partial charge on any atom is 0.0471 e. The molecular weight excluding hydrogens is 186 g/mol. The lowest BCUT2D eigenvalue weighted by molar-refractivity contribution is 0.0797. The van der Waals surface area contributed by atoms with Crippen molar-refractivity contribution in [2.75, 3.05) is 26.3 Å². The van der Waals surface area contributed by atoms with E-state index in [2.05, 4.69) is 19.2 Å². The van der Waals surface area contributed by atoms with Gasteiger partial charge in [0.25, 0.3) is 0 Å². The molecule has 2 heteroatoms. The normalized spacial score (nSPS) is 20.4. The smallest absolute Gasteiger partial charge is 0.0471 e. The Kier molecular flexibility index (Phi) is 6.26. The van der Waals surface area contributed by atoms with E-state index in [0.29, 0.717) is 5.41 Å². The molecule has 1 aliphatic rings. The Morgan fingerprint density at radius 1 is 1.13 bits per heavy atom. The first kappa shape index (κ1) is 13.0. The molecule has 90 valence electrons. The fourth-order valence-corrected chi connectivity index (χ4v) is 2.64. The maximum atomic E-state index is 5.51. The fourth-order valence-electron chi connectivity index (χ4n) is 2.64. The van der Waals surface area contributed by atoms with E-state index < -0.39 is 0 Å². The average molecular weight is 213 g/mol. The van der Waals surface area contributed by atoms with Gasteiger partial charge >= 0.3 is 0 Å². The third kappa shape index (κ3) is 4.52. The van der Waals surface area contributed by atoms with Crippen LogP contribution in [-0.4, -0.2) is 26.3 Å². The summed E-state index contributed by atoms with van der Waals surface area (Å²) in [6.07, 6.45) is 8.30. The van der Waals surface area contributed by atoms with E-state index in [-0.39, 0.29) is 0 Å². The highest BCUT2D eigenvalue weighted by atomic mass is 16.5. The lowest BCUT2D eigenvalue weighted by atomic mass is 9.72. The minimum atomic E-state index is 0.545. The molecule has 1 aliphatic carbocycles. The Morgan fingerprint density at radius 3 is 2.47 bits per heavy atom. The molecule has 0 unspecified atom stereocenters. The second-order valence-electron chi connectivity index (χ2n) is 4.79. The van der Waals surface area contributed by atoms with Crippen LogP contribution < -0.4 is 5.32 Å². The molecule has 0 aromatic heterocycles. The number of hydrogen-bond acceptors (Lipinski definition) is 2. The van der Waals surface area contributed by atoms with Crippen molar-refractivity contribution in [2.24, 2.45) is 5.41 Å². The third-order valence-electron chi connectivity index (χ3n) is 3.65. The Hall–Kier alpha value is -0.0800. The molecule has 15 heavy (non-hydrogen) atoms. The molecule has 0 atom stereocenters. The Bertz CT molecular complexity index is 153. The van der Waals surface area contributed by atoms with Crippen molar-refractivity contribution in [3.8, 4) is 0 Å². The van der Waals surface area contributed by atoms with Gasteiger partial charge in [-0.15, -0.1) is 0 Å². The number of rotatable bonds is 7. The van der Waals surface area contributed by atoms with Gasteiger partial charge in [0.15, 0.2) is 0 Å². The van der Waals surface area contributed by atoms with E-state index in [1.807, 2.05) is 0 Å². The van der Waals surface area contributed by atoms with Crippen molar-refractivity contribution in [3.05, 3.63) is 0 Å². The summed E-state index contributed by atoms with van der Waals surface area (Å²) < 4.78 is 5.51. The Morgan fingerprint density at radius 2 is 1.87 bits per heavy atom. The standard InChI is InChI=1S/C13H27NO/c1-3-14-12-13(10-11-15-4-2)8-6-5-7-9-13/h14H,3-12H2,1-2H3. The van der Waals surface area contributed by atoms with Crippen LogP contribution in [0.15, 0.2) is 0 Å². The van der Waals surface area contributed by atoms with Gasteiger partial charge in [-0.1, -0.05) is 26.2 Å². The molecule has 0 bridgehead atoms. The largest absolute Gasteiger partial charge is 0.382 e. The minimum Gasteiger partial charge on any atom is -0.382 e. The summed E-state index contributed by atoms with van der Waals surface area (Å²) in [7, 11) is 0. The number of ether oxygens (including phenoxy) is 1. The highest BCUT2D eigenvalue weighted by molar-refractivity contribution is 4.84. The maximum absolute atomic E-state index is 5.51. The Balaban J connectivity index is 2.35. The van der Waals surface area contributed by atoms with Crippen LogP contribution in [-0.2, 0) is 4.74 Å². The van der Waals surface area contributed by atoms with Crippen LogP contribution >= 0.6 is 0 Å². The van der Waals surface area contributed by atoms with Crippen LogP contribution in [0.5, 0.6) is 0 Å². The van der Waals surface area contributed by atoms with Crippen molar-refractivity contribution in [1.82, 2.24) is 5.32 Å². The zero-order valence-electron chi connectivity index (χ0n) is 10.5. The van der Waals surface area contributed by atoms with Crippen LogP contribution in [0, 0.1) is 5.41 Å². The van der Waals surface area contributed by atoms with Gasteiger partial charge in [0.1, 0.15) is 0 Å². The highest BCUT2D eigenvalue weighted by Gasteiger charge is 2.30. The summed E-state index contributed by atoms with van der Waals surface area (Å²) in [5.74, 6) is 0. The molecule has 1 saturated carbocycles. The molecule has 2 nitrogen and oxygen atoms in total. The summed E-state index contributed by atoms with van der Waals surface area (Å²) in [5.41, 5.74) is 0.545. The lowest BCUT2D eigenvalue weighted by Crippen LogP contribution is -2.37. The number of hydrogen-bond donors (Lipinski definition) is 1. The van der Waals surface area contributed by atoms with E-state index in [1.165, 1.54) is 45.1 Å². The minimum absolute atomic E-state index is 0.545. The molecule has 1 rings (SSSR count). The van der Waals surface area contributed by atoms with Crippen LogP contribution in [0.2, 0.25) is 0 Å². The topological polar surface area (TPSA) is 21.3 Å². The van der Waals surface area contributed by atoms with Crippen molar-refractivity contribution in [2.45, 2.75) is 52.4 Å². The Labute approximate surface area is 94.8 Å². The van der Waals surface area contributed by atoms with E-state index in [4.69, 9.17) is 4.74 Å². The second kappa shape index (κ2) is 7.24. The molecule has 1 N–H and O–H groups in total. The summed E-state index contributed by atoms with van der Waals surface area (Å²) in [4.78, 5) is 0. The van der Waals surface area contributed by atoms with E-state index >= 15 is 0 Å². The van der Waals surface area contributed by atoms with E-state index in [1.54, 1.807) is 0 Å². The van der Waals surface area contributed by atoms with Gasteiger partial charge in [0.2, 0.25) is 0 Å². The summed E-state index contributed by atoms with van der Waals surface area (Å²) in [6, 6.07) is 0. The first-order valence-corrected chi connectivity index (χ1v) is 6.61. The molecule has 0 amide bonds. The summed E-state index contributed by atoms with van der Waals surface area (Å²) >= 11 is 0. The number of nitrogens with one attached hydrogen (secondary N) is 1. The lowest BCUT2D eigenvalue weighted by Gasteiger charge is -2.37. The zero-order valence-corrected chi connectivity index (χ0v) is 10.5. The van der Waals surface area contributed by atoms with Gasteiger partial charge in [-0.2, -0.15) is 0 Å². The molecule has 0 spiro atoms. The molecule has 0 aromatic carbocycles. The summed E-state index contributed by atoms with van der Waals surface area (Å²) in [6.45, 7) is 8.36. The predicted octanol–water partition coefficient (Wildman–Crippen LogP) is 2.97. The highest BCUT2D eigenvalue weighted by Crippen LogP contribution is 2.38. The SMILES string of the molecule is CCNCC1(CCOCC)CCCCC1. The second-order valence-corrected chi connectivity index (χ2v) is 4.79. The molecule has 0 radical (unpaired) electrons. The van der Waals surface area contributed by atoms with Gasteiger partial charge in [0.05, 0.1) is 0 Å². The van der Waals surface area contributed by atoms with Gasteiger partial charge in [-0.05, 0) is 38.1 Å². The van der Waals surface area contributed by atoms with Crippen molar-refractivity contribution < 1.29 is 4.74 Å². The van der Waals surface area contributed by atoms with Crippen LogP contribution in [0.25, 0.3) is 0 Å². The zero-order chi connectivity index (χ0) is 11.0. The molecular formula is C13H27NO. The first-order valence-electron chi connectivity index (χ1n) is 6.61. The average Bonchev–Trinajstić information content (AvgIpc) is 2.28. The molecule has 0 aromatic rings. The van der Waals surface area contributed by atoms with Crippen molar-refractivity contribution in [3.63, 3.8) is 0 Å². The van der Waals surface area contributed by atoms with Gasteiger partial charge in [-0.25, -0.2) is 0 Å². The van der Waals surface area contributed by atoms with E-state index in [9.17, 15) is 0 Å². The third-order valence-corrected chi connectivity index (χ3v) is 3.65. The molecule has 0 aliphatic heterocycles. The molecule has 0 heterocycles. The quantitative estimate of drug-likeness (QED) is 0.656. The van der Waals surface area contributed by atoms with E-state index in [0.717, 1.165) is 19.8 Å². The molecule has 1 fully saturated rings. The van der Waals surface area contributed by atoms with Gasteiger partial charge in [-0.3, -0.25) is 0 Å². The predicted molar refractivity (Wildman–Crippen MR) is 65.2 cm³/mol. The molecule has 0 saturated heterocycles. The van der Waals surface area contributed by atoms with Gasteiger partial charge in [0, 0.05) is 19.8 Å². The van der Waals surface area contributed by atoms with Gasteiger partial charge < -0.3 is 10.1 Å². The summed E-state index contributed by atoms with van der Waals surface area (Å²) in [5, 5.41) is 3.53. The van der Waals surface area contributed by atoms with Crippen molar-refractivity contribution >= 4 is 0 Å². The van der Waals surface area contributed by atoms with Crippen molar-refractivity contribution in [1.29, 1.82) is 0 Å². The first-order chi connectivity index (χ1) is 7.33. The van der Waals surface area contributed by atoms with Crippen LogP contribution in [0.3, 0.4) is 0 Å². The monoisotopic (exact) mass is 213 g/mol. The van der Waals surface area contributed by atoms with Crippen LogP contribution in [0.4, 0.5) is 0 Å². The van der Waals surface area contributed by atoms with Crippen LogP contribution in [0.1, 0.15) is 52.4 Å². The fraction of sp³-hybridized carbons (Fsp3) is 1.00.